The summed E-state index contributed by atoms with van der Waals surface area (Å²) >= 11 is 0. The Kier molecular flexibility index (Phi) is 8.20. The van der Waals surface area contributed by atoms with Gasteiger partial charge in [0.1, 0.15) is 0 Å². The standard InChI is InChI=1S/C7H8.C4H9NO/c1-7-5-3-2-4-6-7;5-3-1-2-4-6/h2-6H,1H3;1-2,6H,3-5H2/b;2-1-. The quantitative estimate of drug-likeness (QED) is 0.676. The summed E-state index contributed by atoms with van der Waals surface area (Å²) in [6.07, 6.45) is 3.32. The van der Waals surface area contributed by atoms with E-state index < -0.39 is 0 Å². The molecule has 0 aliphatic rings. The molecule has 0 aromatic heterocycles. The molecule has 1 rings (SSSR count). The van der Waals surface area contributed by atoms with E-state index in [1.807, 2.05) is 18.2 Å². The largest absolute Gasteiger partial charge is 0.392 e. The maximum Gasteiger partial charge on any atom is 0.0612 e. The zero-order chi connectivity index (χ0) is 9.94. The molecule has 0 saturated carbocycles. The second-order valence-corrected chi connectivity index (χ2v) is 2.54. The van der Waals surface area contributed by atoms with Gasteiger partial charge in [0.05, 0.1) is 6.61 Å². The summed E-state index contributed by atoms with van der Waals surface area (Å²) in [6, 6.07) is 10.3. The molecule has 0 radical (unpaired) electrons. The van der Waals surface area contributed by atoms with Gasteiger partial charge < -0.3 is 10.8 Å². The lowest BCUT2D eigenvalue weighted by atomic mass is 10.2. The van der Waals surface area contributed by atoms with Crippen LogP contribution in [0.4, 0.5) is 0 Å². The van der Waals surface area contributed by atoms with Gasteiger partial charge in [-0.2, -0.15) is 0 Å². The van der Waals surface area contributed by atoms with Crippen molar-refractivity contribution in [3.05, 3.63) is 48.0 Å². The number of aryl methyl sites for hydroxylation is 1. The van der Waals surface area contributed by atoms with E-state index in [1.54, 1.807) is 12.2 Å². The summed E-state index contributed by atoms with van der Waals surface area (Å²) in [5, 5.41) is 8.06. The molecule has 0 bridgehead atoms. The first-order chi connectivity index (χ1) is 6.31. The lowest BCUT2D eigenvalue weighted by Gasteiger charge is -1.82. The molecule has 0 amide bonds. The van der Waals surface area contributed by atoms with Gasteiger partial charge in [0, 0.05) is 6.54 Å². The second-order valence-electron chi connectivity index (χ2n) is 2.54. The van der Waals surface area contributed by atoms with Crippen molar-refractivity contribution < 1.29 is 5.11 Å². The lowest BCUT2D eigenvalue weighted by molar-refractivity contribution is 0.342. The molecule has 1 aromatic rings. The van der Waals surface area contributed by atoms with Gasteiger partial charge in [0.2, 0.25) is 0 Å². The van der Waals surface area contributed by atoms with Gasteiger partial charge in [0.15, 0.2) is 0 Å². The summed E-state index contributed by atoms with van der Waals surface area (Å²) in [7, 11) is 0. The van der Waals surface area contributed by atoms with Crippen LogP contribution in [0.2, 0.25) is 0 Å². The predicted molar refractivity (Wildman–Crippen MR) is 56.5 cm³/mol. The van der Waals surface area contributed by atoms with Crippen LogP contribution in [0.5, 0.6) is 0 Å². The van der Waals surface area contributed by atoms with Gasteiger partial charge in [-0.25, -0.2) is 0 Å². The van der Waals surface area contributed by atoms with Crippen molar-refractivity contribution in [2.75, 3.05) is 13.2 Å². The van der Waals surface area contributed by atoms with E-state index in [-0.39, 0.29) is 6.61 Å². The molecule has 3 N–H and O–H groups in total. The van der Waals surface area contributed by atoms with Crippen molar-refractivity contribution in [3.8, 4) is 0 Å². The Morgan fingerprint density at radius 2 is 1.85 bits per heavy atom. The number of hydrogen-bond donors (Lipinski definition) is 2. The maximum atomic E-state index is 8.06. The highest BCUT2D eigenvalue weighted by Crippen LogP contribution is 1.92. The average molecular weight is 179 g/mol. The Morgan fingerprint density at radius 1 is 1.23 bits per heavy atom. The fourth-order valence-electron chi connectivity index (χ4n) is 0.705. The van der Waals surface area contributed by atoms with Crippen molar-refractivity contribution in [1.82, 2.24) is 0 Å². The molecule has 72 valence electrons. The van der Waals surface area contributed by atoms with Crippen LogP contribution < -0.4 is 5.73 Å². The minimum atomic E-state index is 0.0944. The van der Waals surface area contributed by atoms with Crippen LogP contribution in [0, 0.1) is 6.92 Å². The van der Waals surface area contributed by atoms with Crippen LogP contribution >= 0.6 is 0 Å². The number of rotatable bonds is 2. The van der Waals surface area contributed by atoms with E-state index in [0.29, 0.717) is 6.54 Å². The highest BCUT2D eigenvalue weighted by Gasteiger charge is 1.72. The van der Waals surface area contributed by atoms with Gasteiger partial charge in [-0.15, -0.1) is 0 Å². The first-order valence-corrected chi connectivity index (χ1v) is 4.28. The van der Waals surface area contributed by atoms with Gasteiger partial charge in [-0.3, -0.25) is 0 Å². The molecule has 0 atom stereocenters. The predicted octanol–water partition coefficient (Wildman–Crippen LogP) is 1.49. The fraction of sp³-hybridized carbons (Fsp3) is 0.273. The highest BCUT2D eigenvalue weighted by atomic mass is 16.2. The van der Waals surface area contributed by atoms with E-state index >= 15 is 0 Å². The summed E-state index contributed by atoms with van der Waals surface area (Å²) in [5.74, 6) is 0. The highest BCUT2D eigenvalue weighted by molar-refractivity contribution is 5.11. The van der Waals surface area contributed by atoms with E-state index in [9.17, 15) is 0 Å². The number of nitrogens with two attached hydrogens (primary N) is 1. The molecule has 0 aliphatic heterocycles. The van der Waals surface area contributed by atoms with Gasteiger partial charge in [0.25, 0.3) is 0 Å². The average Bonchev–Trinajstić information content (AvgIpc) is 2.17. The van der Waals surface area contributed by atoms with Crippen LogP contribution in [0.3, 0.4) is 0 Å². The first kappa shape index (κ1) is 11.9. The Bertz CT molecular complexity index is 213. The molecule has 13 heavy (non-hydrogen) atoms. The number of benzene rings is 1. The molecule has 0 fully saturated rings. The topological polar surface area (TPSA) is 46.2 Å². The van der Waals surface area contributed by atoms with Crippen molar-refractivity contribution in [3.63, 3.8) is 0 Å². The minimum absolute atomic E-state index is 0.0944. The van der Waals surface area contributed by atoms with Crippen LogP contribution in [0.25, 0.3) is 0 Å². The van der Waals surface area contributed by atoms with Crippen molar-refractivity contribution in [2.24, 2.45) is 5.73 Å². The Labute approximate surface area is 79.7 Å². The summed E-state index contributed by atoms with van der Waals surface area (Å²) in [6.45, 7) is 2.69. The first-order valence-electron chi connectivity index (χ1n) is 4.28. The van der Waals surface area contributed by atoms with Crippen molar-refractivity contribution in [2.45, 2.75) is 6.92 Å². The zero-order valence-electron chi connectivity index (χ0n) is 7.98. The minimum Gasteiger partial charge on any atom is -0.392 e. The molecule has 0 unspecified atom stereocenters. The van der Waals surface area contributed by atoms with Crippen LogP contribution in [-0.2, 0) is 0 Å². The summed E-state index contributed by atoms with van der Waals surface area (Å²) in [4.78, 5) is 0. The number of hydrogen-bond acceptors (Lipinski definition) is 2. The molecule has 0 spiro atoms. The maximum absolute atomic E-state index is 8.06. The lowest BCUT2D eigenvalue weighted by Crippen LogP contribution is -1.92. The van der Waals surface area contributed by atoms with Crippen molar-refractivity contribution in [1.29, 1.82) is 0 Å². The fourth-order valence-corrected chi connectivity index (χ4v) is 0.705. The molecule has 2 nitrogen and oxygen atoms in total. The third-order valence-electron chi connectivity index (χ3n) is 1.35. The Hall–Kier alpha value is -1.12. The number of aliphatic hydroxyl groups excluding tert-OH is 1. The van der Waals surface area contributed by atoms with E-state index in [2.05, 4.69) is 19.1 Å². The zero-order valence-corrected chi connectivity index (χ0v) is 7.98. The summed E-state index contributed by atoms with van der Waals surface area (Å²) < 4.78 is 0. The van der Waals surface area contributed by atoms with Crippen LogP contribution in [0.15, 0.2) is 42.5 Å². The van der Waals surface area contributed by atoms with Gasteiger partial charge in [-0.05, 0) is 6.92 Å². The molecule has 0 saturated heterocycles. The van der Waals surface area contributed by atoms with E-state index in [4.69, 9.17) is 10.8 Å². The second kappa shape index (κ2) is 8.97. The molecule has 1 aromatic carbocycles. The third kappa shape index (κ3) is 8.79. The van der Waals surface area contributed by atoms with E-state index in [1.165, 1.54) is 5.56 Å². The molecular formula is C11H17NO. The Balaban J connectivity index is 0.000000226. The monoisotopic (exact) mass is 179 g/mol. The van der Waals surface area contributed by atoms with E-state index in [0.717, 1.165) is 0 Å². The SMILES string of the molecule is Cc1ccccc1.NC/C=C\CO. The molecular weight excluding hydrogens is 162 g/mol. The van der Waals surface area contributed by atoms with Crippen LogP contribution in [0.1, 0.15) is 5.56 Å². The number of aliphatic hydroxyl groups is 1. The summed E-state index contributed by atoms with van der Waals surface area (Å²) in [5.41, 5.74) is 6.34. The Morgan fingerprint density at radius 3 is 2.08 bits per heavy atom. The molecule has 0 aliphatic carbocycles. The smallest absolute Gasteiger partial charge is 0.0612 e. The van der Waals surface area contributed by atoms with Crippen LogP contribution in [-0.4, -0.2) is 18.3 Å². The third-order valence-corrected chi connectivity index (χ3v) is 1.35. The normalized spacial score (nSPS) is 9.46. The molecule has 2 heteroatoms. The molecule has 0 heterocycles. The van der Waals surface area contributed by atoms with Gasteiger partial charge >= 0.3 is 0 Å². The van der Waals surface area contributed by atoms with Crippen molar-refractivity contribution >= 4 is 0 Å². The van der Waals surface area contributed by atoms with Gasteiger partial charge in [-0.1, -0.05) is 48.0 Å².